The van der Waals surface area contributed by atoms with Crippen LogP contribution < -0.4 is 0 Å². The number of para-hydroxylation sites is 1. The second-order valence-electron chi connectivity index (χ2n) is 3.29. The van der Waals surface area contributed by atoms with Crippen LogP contribution in [0.1, 0.15) is 0 Å². The van der Waals surface area contributed by atoms with E-state index in [0.29, 0.717) is 11.1 Å². The van der Waals surface area contributed by atoms with Crippen molar-refractivity contribution in [2.75, 3.05) is 0 Å². The van der Waals surface area contributed by atoms with E-state index in [4.69, 9.17) is 0 Å². The summed E-state index contributed by atoms with van der Waals surface area (Å²) in [6.07, 6.45) is 0. The molecular formula is C12H10O3S. The topological polar surface area (TPSA) is 54.4 Å². The van der Waals surface area contributed by atoms with Crippen molar-refractivity contribution in [1.29, 1.82) is 0 Å². The standard InChI is InChI=1S/C12H10O3S/c13-11-7-3-1-5-9(11)10-6-2-4-8-12(10)16(14)15/h1-8,13,16H. The van der Waals surface area contributed by atoms with E-state index in [1.165, 1.54) is 12.1 Å². The normalized spacial score (nSPS) is 10.6. The molecule has 3 nitrogen and oxygen atoms in total. The monoisotopic (exact) mass is 234 g/mol. The maximum Gasteiger partial charge on any atom is 0.168 e. The van der Waals surface area contributed by atoms with Gasteiger partial charge in [0, 0.05) is 11.1 Å². The molecule has 0 amide bonds. The zero-order chi connectivity index (χ0) is 11.5. The van der Waals surface area contributed by atoms with E-state index in [1.807, 2.05) is 0 Å². The van der Waals surface area contributed by atoms with Gasteiger partial charge in [-0.25, -0.2) is 8.42 Å². The lowest BCUT2D eigenvalue weighted by Gasteiger charge is -2.06. The van der Waals surface area contributed by atoms with Crippen LogP contribution >= 0.6 is 0 Å². The summed E-state index contributed by atoms with van der Waals surface area (Å²) < 4.78 is 22.1. The molecule has 0 saturated heterocycles. The minimum atomic E-state index is -2.66. The molecule has 0 spiro atoms. The Morgan fingerprint density at radius 3 is 2.00 bits per heavy atom. The lowest BCUT2D eigenvalue weighted by atomic mass is 10.1. The quantitative estimate of drug-likeness (QED) is 0.782. The first-order valence-corrected chi connectivity index (χ1v) is 5.89. The first-order valence-electron chi connectivity index (χ1n) is 4.72. The van der Waals surface area contributed by atoms with Crippen molar-refractivity contribution in [3.63, 3.8) is 0 Å². The Morgan fingerprint density at radius 2 is 1.38 bits per heavy atom. The zero-order valence-electron chi connectivity index (χ0n) is 8.33. The smallest absolute Gasteiger partial charge is 0.168 e. The molecule has 2 aromatic carbocycles. The number of thiol groups is 1. The lowest BCUT2D eigenvalue weighted by molar-refractivity contribution is 0.477. The molecule has 0 atom stereocenters. The van der Waals surface area contributed by atoms with E-state index in [1.54, 1.807) is 36.4 Å². The van der Waals surface area contributed by atoms with E-state index in [0.717, 1.165) is 0 Å². The molecule has 0 unspecified atom stereocenters. The number of aromatic hydroxyl groups is 1. The molecule has 0 heterocycles. The Morgan fingerprint density at radius 1 is 0.812 bits per heavy atom. The van der Waals surface area contributed by atoms with Crippen molar-refractivity contribution >= 4 is 10.7 Å². The molecule has 1 N–H and O–H groups in total. The second-order valence-corrected chi connectivity index (χ2v) is 4.29. The van der Waals surface area contributed by atoms with Crippen LogP contribution in [0.15, 0.2) is 53.4 Å². The summed E-state index contributed by atoms with van der Waals surface area (Å²) in [6.45, 7) is 0. The van der Waals surface area contributed by atoms with Gasteiger partial charge >= 0.3 is 0 Å². The number of hydrogen-bond donors (Lipinski definition) is 2. The van der Waals surface area contributed by atoms with E-state index in [-0.39, 0.29) is 10.6 Å². The number of rotatable bonds is 2. The van der Waals surface area contributed by atoms with Gasteiger partial charge in [0.2, 0.25) is 0 Å². The fraction of sp³-hybridized carbons (Fsp3) is 0. The SMILES string of the molecule is O=[SH](=O)c1ccccc1-c1ccccc1O. The zero-order valence-corrected chi connectivity index (χ0v) is 9.22. The highest BCUT2D eigenvalue weighted by molar-refractivity contribution is 7.72. The van der Waals surface area contributed by atoms with Gasteiger partial charge in [0.05, 0.1) is 4.90 Å². The van der Waals surface area contributed by atoms with Crippen LogP contribution in [0.25, 0.3) is 11.1 Å². The highest BCUT2D eigenvalue weighted by Crippen LogP contribution is 2.31. The third-order valence-corrected chi connectivity index (χ3v) is 3.08. The van der Waals surface area contributed by atoms with Gasteiger partial charge in [0.15, 0.2) is 10.7 Å². The number of phenolic OH excluding ortho intramolecular Hbond substituents is 1. The van der Waals surface area contributed by atoms with Crippen molar-refractivity contribution in [3.05, 3.63) is 48.5 Å². The van der Waals surface area contributed by atoms with Crippen molar-refractivity contribution < 1.29 is 13.5 Å². The van der Waals surface area contributed by atoms with Gasteiger partial charge < -0.3 is 5.11 Å². The minimum Gasteiger partial charge on any atom is -0.507 e. The third-order valence-electron chi connectivity index (χ3n) is 2.29. The Balaban J connectivity index is 2.70. The lowest BCUT2D eigenvalue weighted by Crippen LogP contribution is -1.87. The van der Waals surface area contributed by atoms with Gasteiger partial charge in [-0.2, -0.15) is 0 Å². The van der Waals surface area contributed by atoms with Crippen molar-refractivity contribution in [2.45, 2.75) is 4.90 Å². The van der Waals surface area contributed by atoms with Crippen molar-refractivity contribution in [3.8, 4) is 16.9 Å². The van der Waals surface area contributed by atoms with E-state index in [9.17, 15) is 13.5 Å². The van der Waals surface area contributed by atoms with Crippen LogP contribution in [-0.4, -0.2) is 13.5 Å². The molecule has 2 rings (SSSR count). The largest absolute Gasteiger partial charge is 0.507 e. The summed E-state index contributed by atoms with van der Waals surface area (Å²) in [5.41, 5.74) is 1.05. The second kappa shape index (κ2) is 4.37. The highest BCUT2D eigenvalue weighted by atomic mass is 32.2. The highest BCUT2D eigenvalue weighted by Gasteiger charge is 2.09. The summed E-state index contributed by atoms with van der Waals surface area (Å²) >= 11 is 0. The first kappa shape index (κ1) is 10.7. The molecule has 0 fully saturated rings. The average molecular weight is 234 g/mol. The van der Waals surface area contributed by atoms with Crippen LogP contribution in [0.5, 0.6) is 5.75 Å². The van der Waals surface area contributed by atoms with Gasteiger partial charge in [-0.15, -0.1) is 0 Å². The maximum atomic E-state index is 11.1. The van der Waals surface area contributed by atoms with Gasteiger partial charge in [0.1, 0.15) is 5.75 Å². The van der Waals surface area contributed by atoms with Gasteiger partial charge in [-0.3, -0.25) is 0 Å². The summed E-state index contributed by atoms with van der Waals surface area (Å²) in [5.74, 6) is 0.0757. The molecule has 82 valence electrons. The summed E-state index contributed by atoms with van der Waals surface area (Å²) in [5, 5.41) is 9.67. The molecule has 0 aliphatic rings. The Kier molecular flexibility index (Phi) is 2.92. The minimum absolute atomic E-state index is 0.0757. The Hall–Kier alpha value is -1.81. The van der Waals surface area contributed by atoms with Gasteiger partial charge in [-0.1, -0.05) is 36.4 Å². The van der Waals surface area contributed by atoms with Crippen LogP contribution in [0, 0.1) is 0 Å². The molecule has 16 heavy (non-hydrogen) atoms. The molecular weight excluding hydrogens is 224 g/mol. The van der Waals surface area contributed by atoms with E-state index in [2.05, 4.69) is 0 Å². The number of phenols is 1. The fourth-order valence-electron chi connectivity index (χ4n) is 1.56. The maximum absolute atomic E-state index is 11.1. The van der Waals surface area contributed by atoms with Crippen LogP contribution in [0.4, 0.5) is 0 Å². The molecule has 0 aliphatic carbocycles. The van der Waals surface area contributed by atoms with Gasteiger partial charge in [0.25, 0.3) is 0 Å². The summed E-state index contributed by atoms with van der Waals surface area (Å²) in [6, 6.07) is 13.3. The number of benzene rings is 2. The fourth-order valence-corrected chi connectivity index (χ4v) is 2.16. The van der Waals surface area contributed by atoms with Gasteiger partial charge in [-0.05, 0) is 12.1 Å². The van der Waals surface area contributed by atoms with Crippen LogP contribution in [-0.2, 0) is 10.7 Å². The summed E-state index contributed by atoms with van der Waals surface area (Å²) in [7, 11) is -2.66. The molecule has 0 aromatic heterocycles. The third kappa shape index (κ3) is 1.92. The molecule has 0 radical (unpaired) electrons. The Bertz CT molecular complexity index is 580. The molecule has 4 heteroatoms. The molecule has 2 aromatic rings. The molecule has 0 saturated carbocycles. The van der Waals surface area contributed by atoms with E-state index >= 15 is 0 Å². The predicted octanol–water partition coefficient (Wildman–Crippen LogP) is 2.03. The Labute approximate surface area is 94.9 Å². The average Bonchev–Trinajstić information content (AvgIpc) is 2.29. The predicted molar refractivity (Wildman–Crippen MR) is 62.1 cm³/mol. The van der Waals surface area contributed by atoms with Crippen LogP contribution in [0.2, 0.25) is 0 Å². The van der Waals surface area contributed by atoms with Crippen LogP contribution in [0.3, 0.4) is 0 Å². The van der Waals surface area contributed by atoms with E-state index < -0.39 is 10.7 Å². The number of hydrogen-bond acceptors (Lipinski definition) is 3. The van der Waals surface area contributed by atoms with Crippen molar-refractivity contribution in [2.24, 2.45) is 0 Å². The molecule has 0 aliphatic heterocycles. The molecule has 0 bridgehead atoms. The summed E-state index contributed by atoms with van der Waals surface area (Å²) in [4.78, 5) is 0.221. The van der Waals surface area contributed by atoms with Crippen molar-refractivity contribution in [1.82, 2.24) is 0 Å². The first-order chi connectivity index (χ1) is 7.70.